The van der Waals surface area contributed by atoms with Crippen LogP contribution in [0.2, 0.25) is 0 Å². The zero-order chi connectivity index (χ0) is 13.1. The minimum atomic E-state index is -0.295. The SMILES string of the molecule is CCN(Cc1ccc(C(=O)OC)cc1Br)C1CC1. The van der Waals surface area contributed by atoms with Crippen LogP contribution in [-0.4, -0.2) is 30.6 Å². The lowest BCUT2D eigenvalue weighted by atomic mass is 10.1. The lowest BCUT2D eigenvalue weighted by molar-refractivity contribution is 0.0600. The normalized spacial score (nSPS) is 14.9. The van der Waals surface area contributed by atoms with Crippen molar-refractivity contribution in [1.29, 1.82) is 0 Å². The molecule has 4 heteroatoms. The van der Waals surface area contributed by atoms with Crippen LogP contribution in [0.1, 0.15) is 35.7 Å². The van der Waals surface area contributed by atoms with Crippen molar-refractivity contribution in [3.8, 4) is 0 Å². The van der Waals surface area contributed by atoms with Crippen molar-refractivity contribution >= 4 is 21.9 Å². The minimum absolute atomic E-state index is 0.295. The molecular weight excluding hydrogens is 294 g/mol. The number of ether oxygens (including phenoxy) is 1. The van der Waals surface area contributed by atoms with Gasteiger partial charge in [-0.05, 0) is 37.1 Å². The molecule has 1 aliphatic carbocycles. The molecule has 0 radical (unpaired) electrons. The van der Waals surface area contributed by atoms with E-state index in [1.807, 2.05) is 18.2 Å². The Hall–Kier alpha value is -0.870. The Balaban J connectivity index is 2.11. The fourth-order valence-electron chi connectivity index (χ4n) is 2.08. The van der Waals surface area contributed by atoms with Crippen molar-refractivity contribution in [2.24, 2.45) is 0 Å². The highest BCUT2D eigenvalue weighted by Gasteiger charge is 2.28. The lowest BCUT2D eigenvalue weighted by Crippen LogP contribution is -2.25. The Morgan fingerprint density at radius 1 is 1.50 bits per heavy atom. The number of carbonyl (C=O) groups excluding carboxylic acids is 1. The molecule has 1 aromatic carbocycles. The second-order valence-corrected chi connectivity index (χ2v) is 5.45. The molecule has 1 fully saturated rings. The number of carbonyl (C=O) groups is 1. The molecule has 0 bridgehead atoms. The molecule has 0 N–H and O–H groups in total. The van der Waals surface area contributed by atoms with Crippen LogP contribution in [-0.2, 0) is 11.3 Å². The molecular formula is C14H18BrNO2. The average molecular weight is 312 g/mol. The number of benzene rings is 1. The Bertz CT molecular complexity index is 443. The Kier molecular flexibility index (Phi) is 4.40. The first-order chi connectivity index (χ1) is 8.65. The lowest BCUT2D eigenvalue weighted by Gasteiger charge is -2.20. The summed E-state index contributed by atoms with van der Waals surface area (Å²) in [6, 6.07) is 6.41. The van der Waals surface area contributed by atoms with Crippen molar-refractivity contribution in [2.75, 3.05) is 13.7 Å². The summed E-state index contributed by atoms with van der Waals surface area (Å²) in [5, 5.41) is 0. The van der Waals surface area contributed by atoms with Gasteiger partial charge in [-0.2, -0.15) is 0 Å². The van der Waals surface area contributed by atoms with Gasteiger partial charge >= 0.3 is 5.97 Å². The van der Waals surface area contributed by atoms with E-state index < -0.39 is 0 Å². The van der Waals surface area contributed by atoms with Crippen molar-refractivity contribution in [3.63, 3.8) is 0 Å². The fourth-order valence-corrected chi connectivity index (χ4v) is 2.58. The van der Waals surface area contributed by atoms with Crippen molar-refractivity contribution < 1.29 is 9.53 Å². The predicted octanol–water partition coefficient (Wildman–Crippen LogP) is 3.22. The number of methoxy groups -OCH3 is 1. The van der Waals surface area contributed by atoms with E-state index in [0.29, 0.717) is 5.56 Å². The number of rotatable bonds is 5. The summed E-state index contributed by atoms with van der Waals surface area (Å²) in [6.07, 6.45) is 2.62. The molecule has 0 atom stereocenters. The summed E-state index contributed by atoms with van der Waals surface area (Å²) < 4.78 is 5.69. The van der Waals surface area contributed by atoms with Gasteiger partial charge in [-0.25, -0.2) is 4.79 Å². The molecule has 1 saturated carbocycles. The van der Waals surface area contributed by atoms with E-state index in [4.69, 9.17) is 4.74 Å². The number of halogens is 1. The third-order valence-corrected chi connectivity index (χ3v) is 4.06. The Morgan fingerprint density at radius 3 is 2.72 bits per heavy atom. The summed E-state index contributed by atoms with van der Waals surface area (Å²) in [4.78, 5) is 13.9. The second-order valence-electron chi connectivity index (χ2n) is 4.59. The Morgan fingerprint density at radius 2 is 2.22 bits per heavy atom. The first kappa shape index (κ1) is 13.6. The highest BCUT2D eigenvalue weighted by molar-refractivity contribution is 9.10. The van der Waals surface area contributed by atoms with Gasteiger partial charge in [0.05, 0.1) is 12.7 Å². The number of esters is 1. The number of nitrogens with zero attached hydrogens (tertiary/aromatic N) is 1. The van der Waals surface area contributed by atoms with Gasteiger partial charge in [0.25, 0.3) is 0 Å². The molecule has 0 aliphatic heterocycles. The van der Waals surface area contributed by atoms with Gasteiger partial charge in [0.15, 0.2) is 0 Å². The molecule has 18 heavy (non-hydrogen) atoms. The van der Waals surface area contributed by atoms with Crippen LogP contribution < -0.4 is 0 Å². The van der Waals surface area contributed by atoms with Crippen LogP contribution >= 0.6 is 15.9 Å². The van der Waals surface area contributed by atoms with Gasteiger partial charge in [-0.1, -0.05) is 28.9 Å². The molecule has 1 aromatic rings. The van der Waals surface area contributed by atoms with E-state index in [1.54, 1.807) is 0 Å². The quantitative estimate of drug-likeness (QED) is 0.782. The summed E-state index contributed by atoms with van der Waals surface area (Å²) in [7, 11) is 1.40. The predicted molar refractivity (Wildman–Crippen MR) is 74.6 cm³/mol. The van der Waals surface area contributed by atoms with Crippen LogP contribution in [0.5, 0.6) is 0 Å². The van der Waals surface area contributed by atoms with Gasteiger partial charge in [0, 0.05) is 17.1 Å². The summed E-state index contributed by atoms with van der Waals surface area (Å²) >= 11 is 3.54. The molecule has 98 valence electrons. The monoisotopic (exact) mass is 311 g/mol. The summed E-state index contributed by atoms with van der Waals surface area (Å²) in [5.41, 5.74) is 1.80. The van der Waals surface area contributed by atoms with E-state index in [1.165, 1.54) is 25.5 Å². The van der Waals surface area contributed by atoms with Crippen LogP contribution in [0.15, 0.2) is 22.7 Å². The van der Waals surface area contributed by atoms with Crippen molar-refractivity contribution in [1.82, 2.24) is 4.90 Å². The third-order valence-electron chi connectivity index (χ3n) is 3.32. The molecule has 2 rings (SSSR count). The molecule has 0 amide bonds. The first-order valence-electron chi connectivity index (χ1n) is 6.26. The number of hydrogen-bond donors (Lipinski definition) is 0. The zero-order valence-corrected chi connectivity index (χ0v) is 12.4. The summed E-state index contributed by atoms with van der Waals surface area (Å²) in [5.74, 6) is -0.295. The molecule has 0 aromatic heterocycles. The molecule has 1 aliphatic rings. The maximum absolute atomic E-state index is 11.4. The molecule has 0 heterocycles. The smallest absolute Gasteiger partial charge is 0.337 e. The van der Waals surface area contributed by atoms with Gasteiger partial charge in [-0.15, -0.1) is 0 Å². The van der Waals surface area contributed by atoms with Gasteiger partial charge in [0.2, 0.25) is 0 Å². The summed E-state index contributed by atoms with van der Waals surface area (Å²) in [6.45, 7) is 4.19. The van der Waals surface area contributed by atoms with Crippen molar-refractivity contribution in [3.05, 3.63) is 33.8 Å². The Labute approximate surface area is 116 Å². The van der Waals surface area contributed by atoms with Crippen LogP contribution in [0.3, 0.4) is 0 Å². The third kappa shape index (κ3) is 3.12. The van der Waals surface area contributed by atoms with Gasteiger partial charge in [-0.3, -0.25) is 4.90 Å². The molecule has 0 spiro atoms. The van der Waals surface area contributed by atoms with E-state index in [2.05, 4.69) is 27.8 Å². The fraction of sp³-hybridized carbons (Fsp3) is 0.500. The average Bonchev–Trinajstić information content (AvgIpc) is 3.20. The van der Waals surface area contributed by atoms with Crippen LogP contribution in [0.4, 0.5) is 0 Å². The van der Waals surface area contributed by atoms with E-state index in [9.17, 15) is 4.79 Å². The van der Waals surface area contributed by atoms with Crippen LogP contribution in [0.25, 0.3) is 0 Å². The largest absolute Gasteiger partial charge is 0.465 e. The zero-order valence-electron chi connectivity index (χ0n) is 10.8. The second kappa shape index (κ2) is 5.85. The van der Waals surface area contributed by atoms with Crippen LogP contribution in [0, 0.1) is 0 Å². The van der Waals surface area contributed by atoms with E-state index in [0.717, 1.165) is 23.6 Å². The van der Waals surface area contributed by atoms with E-state index >= 15 is 0 Å². The highest BCUT2D eigenvalue weighted by atomic mass is 79.9. The number of hydrogen-bond acceptors (Lipinski definition) is 3. The minimum Gasteiger partial charge on any atom is -0.465 e. The van der Waals surface area contributed by atoms with E-state index in [-0.39, 0.29) is 5.97 Å². The molecule has 0 saturated heterocycles. The van der Waals surface area contributed by atoms with Crippen molar-refractivity contribution in [2.45, 2.75) is 32.4 Å². The van der Waals surface area contributed by atoms with Gasteiger partial charge < -0.3 is 4.74 Å². The maximum Gasteiger partial charge on any atom is 0.337 e. The molecule has 3 nitrogen and oxygen atoms in total. The maximum atomic E-state index is 11.4. The molecule has 0 unspecified atom stereocenters. The standard InChI is InChI=1S/C14H18BrNO2/c1-3-16(12-6-7-12)9-11-5-4-10(8-13(11)15)14(17)18-2/h4-5,8,12H,3,6-7,9H2,1-2H3. The first-order valence-corrected chi connectivity index (χ1v) is 7.05. The topological polar surface area (TPSA) is 29.5 Å². The van der Waals surface area contributed by atoms with Gasteiger partial charge in [0.1, 0.15) is 0 Å². The highest BCUT2D eigenvalue weighted by Crippen LogP contribution is 2.29.